The molecule has 9 N–H and O–H groups in total. The lowest BCUT2D eigenvalue weighted by molar-refractivity contribution is -0.139. The average Bonchev–Trinajstić information content (AvgIpc) is 1.64. The third-order valence-corrected chi connectivity index (χ3v) is 16.1. The zero-order valence-corrected chi connectivity index (χ0v) is 54.2. The summed E-state index contributed by atoms with van der Waals surface area (Å²) in [6.45, 7) is -3.76. The lowest BCUT2D eigenvalue weighted by Gasteiger charge is -2.16. The van der Waals surface area contributed by atoms with E-state index in [-0.39, 0.29) is 59.3 Å². The molecule has 7 rings (SSSR count). The molecule has 2 aliphatic rings. The van der Waals surface area contributed by atoms with Crippen LogP contribution in [0.25, 0.3) is 6.08 Å². The topological polar surface area (TPSA) is 474 Å². The first-order chi connectivity index (χ1) is 44.4. The highest BCUT2D eigenvalue weighted by Gasteiger charge is 2.40. The van der Waals surface area contributed by atoms with Gasteiger partial charge in [0.1, 0.15) is 16.0 Å². The van der Waals surface area contributed by atoms with Crippen LogP contribution in [0.3, 0.4) is 0 Å². The van der Waals surface area contributed by atoms with E-state index >= 15 is 0 Å². The summed E-state index contributed by atoms with van der Waals surface area (Å²) < 4.78 is 135. The average molecular weight is 1440 g/mol. The molecule has 1 aliphatic carbocycles. The molecular formula is C53H57Cl2F4N12O21PS2. The van der Waals surface area contributed by atoms with Crippen molar-refractivity contribution < 1.29 is 116 Å². The Hall–Kier alpha value is -9.66. The molecule has 7 amide bonds. The first kappa shape index (κ1) is 77.8. The standard InChI is InChI=1S/C19H17Cl2NO4.C15H18N6O6S.C14H10F4N4O7S.C5H12NO4P/c1-2-26-19(25)16(21)10-11-9-12(7-8-15(11)20)22-17(23)13-5-3-4-6-14(13)18(22)24;1-21(2)13(22)9-6-5-7-16-12(9)28(24,25)20-15(23)19-14-17-10(26-3)8-11(18-14)27-4;15-11(16)28-8-5-9(29-12(17)18)20-13(19-8)21-14(25)22-30(26,27)7-4-2-1-3-6(7)10(23)24;1-11(9,10)3-2-4(6)5(7)8/h7-10H,2-6H2,1H3;5-8H,1-4H3,(H2,17,18,19,20,23);1-5,11-12H,(H,23,24)(H2,19,20,21,22,25);4H,2-3,6H2,1H3,(H,7,8)(H,9,10)/b16-10-;;;. The van der Waals surface area contributed by atoms with Crippen LogP contribution >= 0.6 is 30.6 Å². The van der Waals surface area contributed by atoms with Crippen molar-refractivity contribution in [2.24, 2.45) is 5.73 Å². The van der Waals surface area contributed by atoms with E-state index in [9.17, 15) is 77.3 Å². The molecule has 514 valence electrons. The van der Waals surface area contributed by atoms with Gasteiger partial charge < -0.3 is 49.4 Å². The van der Waals surface area contributed by atoms with Gasteiger partial charge in [0.15, 0.2) is 12.4 Å². The molecule has 2 unspecified atom stereocenters. The number of pyridine rings is 1. The van der Waals surface area contributed by atoms with E-state index in [1.807, 2.05) is 0 Å². The van der Waals surface area contributed by atoms with Gasteiger partial charge in [-0.25, -0.2) is 46.9 Å². The summed E-state index contributed by atoms with van der Waals surface area (Å²) in [6, 6.07) is 9.83. The highest BCUT2D eigenvalue weighted by molar-refractivity contribution is 7.90. The number of aromatic nitrogens is 5. The summed E-state index contributed by atoms with van der Waals surface area (Å²) in [5.41, 5.74) is 6.30. The fourth-order valence-electron chi connectivity index (χ4n) is 7.57. The number of nitrogens with zero attached hydrogens (tertiary/aromatic N) is 7. The number of hydrogen-bond donors (Lipinski definition) is 8. The van der Waals surface area contributed by atoms with Crippen molar-refractivity contribution in [3.63, 3.8) is 0 Å². The van der Waals surface area contributed by atoms with Gasteiger partial charge in [-0.1, -0.05) is 35.3 Å². The number of methoxy groups -OCH3 is 2. The van der Waals surface area contributed by atoms with Crippen molar-refractivity contribution in [3.8, 4) is 23.5 Å². The van der Waals surface area contributed by atoms with Crippen LogP contribution in [0.1, 0.15) is 65.3 Å². The smallest absolute Gasteiger partial charge is 0.388 e. The first-order valence-corrected chi connectivity index (χ1v) is 32.6. The maximum atomic E-state index is 12.7. The van der Waals surface area contributed by atoms with E-state index in [4.69, 9.17) is 58.3 Å². The number of alkyl halides is 4. The van der Waals surface area contributed by atoms with Crippen molar-refractivity contribution in [1.29, 1.82) is 0 Å². The molecule has 42 heteroatoms. The predicted octanol–water partition coefficient (Wildman–Crippen LogP) is 5.90. The van der Waals surface area contributed by atoms with Gasteiger partial charge in [-0.15, -0.1) is 0 Å². The van der Waals surface area contributed by atoms with E-state index in [0.717, 1.165) is 25.0 Å². The van der Waals surface area contributed by atoms with Gasteiger partial charge in [0.05, 0.1) is 49.8 Å². The molecule has 5 aromatic rings. The Kier molecular flexibility index (Phi) is 28.7. The molecule has 33 nitrogen and oxygen atoms in total. The molecule has 2 atom stereocenters. The van der Waals surface area contributed by atoms with Gasteiger partial charge in [-0.05, 0) is 93.1 Å². The third-order valence-electron chi connectivity index (χ3n) is 11.7. The number of carbonyl (C=O) groups is 8. The maximum Gasteiger partial charge on any atom is 0.388 e. The number of carbonyl (C=O) groups excluding carboxylic acids is 6. The van der Waals surface area contributed by atoms with Crippen LogP contribution in [-0.4, -0.2) is 176 Å². The molecular weight excluding hydrogens is 1380 g/mol. The van der Waals surface area contributed by atoms with E-state index in [0.29, 0.717) is 46.3 Å². The number of carboxylic acids is 2. The van der Waals surface area contributed by atoms with Gasteiger partial charge in [0.25, 0.3) is 37.8 Å². The summed E-state index contributed by atoms with van der Waals surface area (Å²) in [5, 5.41) is 20.8. The quantitative estimate of drug-likeness (QED) is 0.0131. The molecule has 0 radical (unpaired) electrons. The number of halogens is 6. The fraction of sp³-hybridized carbons (Fsp3) is 0.302. The van der Waals surface area contributed by atoms with E-state index in [1.165, 1.54) is 92.1 Å². The maximum absolute atomic E-state index is 12.7. The zero-order chi connectivity index (χ0) is 71.3. The monoisotopic (exact) mass is 1440 g/mol. The number of sulfonamides is 2. The number of rotatable bonds is 22. The third kappa shape index (κ3) is 23.7. The van der Waals surface area contributed by atoms with Crippen LogP contribution in [0.2, 0.25) is 5.02 Å². The SMILES string of the molecule is CCOC(=O)/C(Cl)=C/c1cc(N2C(=O)C3=C(CCCC3)C2=O)ccc1Cl.COc1cc(OC)nc(NC(=O)NS(=O)(=O)c2ncccc2C(=O)N(C)C)n1.CP(=O)(O)CCC(N)C(=O)O.O=C(Nc1nc(OC(F)F)cc(OC(F)F)n1)NS(=O)(=O)c1ccccc1C(=O)O. The van der Waals surface area contributed by atoms with Crippen LogP contribution in [0.4, 0.5) is 44.7 Å². The van der Waals surface area contributed by atoms with Crippen molar-refractivity contribution >= 4 is 122 Å². The number of aliphatic carboxylic acids is 1. The number of ether oxygens (including phenoxy) is 5. The summed E-state index contributed by atoms with van der Waals surface area (Å²) in [6.07, 6.45) is 5.64. The van der Waals surface area contributed by atoms with E-state index in [2.05, 4.69) is 39.7 Å². The van der Waals surface area contributed by atoms with Gasteiger partial charge in [0.2, 0.25) is 35.4 Å². The number of hydrogen-bond acceptors (Lipinski definition) is 24. The Morgan fingerprint density at radius 1 is 0.768 bits per heavy atom. The highest BCUT2D eigenvalue weighted by Crippen LogP contribution is 2.38. The van der Waals surface area contributed by atoms with Crippen LogP contribution < -0.4 is 49.7 Å². The second-order valence-electron chi connectivity index (χ2n) is 18.9. The number of benzene rings is 2. The molecule has 2 aromatic carbocycles. The number of nitrogens with two attached hydrogens (primary N) is 1. The lowest BCUT2D eigenvalue weighted by Crippen LogP contribution is -2.36. The Bertz CT molecular complexity index is 3980. The predicted molar refractivity (Wildman–Crippen MR) is 326 cm³/mol. The number of urea groups is 2. The highest BCUT2D eigenvalue weighted by atomic mass is 35.5. The summed E-state index contributed by atoms with van der Waals surface area (Å²) in [4.78, 5) is 123. The molecule has 0 saturated heterocycles. The number of esters is 1. The Balaban J connectivity index is 0.000000281. The Morgan fingerprint density at radius 3 is 1.74 bits per heavy atom. The van der Waals surface area contributed by atoms with Crippen LogP contribution in [0, 0.1) is 0 Å². The minimum atomic E-state index is -4.71. The second-order valence-corrected chi connectivity index (χ2v) is 25.5. The zero-order valence-electron chi connectivity index (χ0n) is 50.1. The largest absolute Gasteiger partial charge is 0.481 e. The summed E-state index contributed by atoms with van der Waals surface area (Å²) in [7, 11) is -6.67. The molecule has 4 heterocycles. The van der Waals surface area contributed by atoms with Crippen LogP contribution in [0.15, 0.2) is 99.0 Å². The van der Waals surface area contributed by atoms with Gasteiger partial charge in [-0.3, -0.25) is 34.4 Å². The molecule has 1 aliphatic heterocycles. The van der Waals surface area contributed by atoms with Gasteiger partial charge >= 0.3 is 43.2 Å². The minimum absolute atomic E-state index is 0.0412. The fourth-order valence-corrected chi connectivity index (χ4v) is 10.8. The van der Waals surface area contributed by atoms with Crippen LogP contribution in [-0.2, 0) is 48.5 Å². The minimum Gasteiger partial charge on any atom is -0.481 e. The molecule has 0 spiro atoms. The lowest BCUT2D eigenvalue weighted by atomic mass is 9.93. The van der Waals surface area contributed by atoms with Crippen molar-refractivity contribution in [2.45, 2.75) is 68.2 Å². The number of aromatic carboxylic acids is 1. The molecule has 0 saturated carbocycles. The molecule has 0 bridgehead atoms. The van der Waals surface area contributed by atoms with Crippen molar-refractivity contribution in [2.75, 3.05) is 63.3 Å². The van der Waals surface area contributed by atoms with Crippen molar-refractivity contribution in [3.05, 3.63) is 111 Å². The Morgan fingerprint density at radius 2 is 1.26 bits per heavy atom. The van der Waals surface area contributed by atoms with E-state index in [1.54, 1.807) is 35.2 Å². The first-order valence-electron chi connectivity index (χ1n) is 26.6. The number of imide groups is 1. The number of carboxylic acid groups (broad SMARTS) is 2. The number of anilines is 3. The van der Waals surface area contributed by atoms with Crippen molar-refractivity contribution in [1.82, 2.24) is 39.3 Å². The molecule has 3 aromatic heterocycles. The second kappa shape index (κ2) is 35.0. The Labute approximate surface area is 546 Å². The normalized spacial score (nSPS) is 13.7. The number of amides is 7. The van der Waals surface area contributed by atoms with Gasteiger partial charge in [0, 0.05) is 49.3 Å². The summed E-state index contributed by atoms with van der Waals surface area (Å²) >= 11 is 12.1. The van der Waals surface area contributed by atoms with Crippen LogP contribution in [0.5, 0.6) is 23.5 Å². The van der Waals surface area contributed by atoms with Gasteiger partial charge in [-0.2, -0.15) is 45.9 Å². The molecule has 95 heavy (non-hydrogen) atoms. The number of nitrogens with one attached hydrogen (secondary N) is 4. The summed E-state index contributed by atoms with van der Waals surface area (Å²) in [5.74, 6) is -7.48. The molecule has 0 fully saturated rings. The van der Waals surface area contributed by atoms with E-state index < -0.39 is 116 Å².